The Hall–Kier alpha value is -2.28. The average molecular weight is 293 g/mol. The quantitative estimate of drug-likeness (QED) is 0.757. The van der Waals surface area contributed by atoms with Crippen LogP contribution in [-0.4, -0.2) is 50.0 Å². The van der Waals surface area contributed by atoms with Gasteiger partial charge in [0.05, 0.1) is 19.6 Å². The van der Waals surface area contributed by atoms with E-state index in [0.717, 1.165) is 32.0 Å². The van der Waals surface area contributed by atoms with Gasteiger partial charge >= 0.3 is 12.0 Å². The summed E-state index contributed by atoms with van der Waals surface area (Å²) in [5.41, 5.74) is 1.76. The van der Waals surface area contributed by atoms with Crippen LogP contribution < -0.4 is 15.5 Å². The number of hydrogen-bond donors (Lipinski definition) is 3. The molecule has 0 saturated carbocycles. The van der Waals surface area contributed by atoms with Gasteiger partial charge in [0.25, 0.3) is 0 Å². The second-order valence-electron chi connectivity index (χ2n) is 4.67. The minimum atomic E-state index is -0.940. The average Bonchev–Trinajstić information content (AvgIpc) is 2.48. The molecule has 1 aromatic rings. The number of nitrogens with zero attached hydrogens (tertiary/aromatic N) is 1. The molecule has 0 aromatic heterocycles. The van der Waals surface area contributed by atoms with Gasteiger partial charge in [0, 0.05) is 31.0 Å². The summed E-state index contributed by atoms with van der Waals surface area (Å²) >= 11 is 0. The maximum Gasteiger partial charge on any atom is 0.319 e. The summed E-state index contributed by atoms with van der Waals surface area (Å²) < 4.78 is 5.30. The number of rotatable bonds is 5. The van der Waals surface area contributed by atoms with Gasteiger partial charge in [0.1, 0.15) is 0 Å². The number of benzene rings is 1. The first-order valence-corrected chi connectivity index (χ1v) is 6.84. The van der Waals surface area contributed by atoms with Crippen molar-refractivity contribution >= 4 is 23.4 Å². The molecule has 1 aliphatic heterocycles. The summed E-state index contributed by atoms with van der Waals surface area (Å²) in [6.07, 6.45) is -0.0939. The summed E-state index contributed by atoms with van der Waals surface area (Å²) in [7, 11) is 0. The van der Waals surface area contributed by atoms with Crippen molar-refractivity contribution in [1.29, 1.82) is 0 Å². The number of amides is 2. The van der Waals surface area contributed by atoms with Crippen LogP contribution in [0.2, 0.25) is 0 Å². The first kappa shape index (κ1) is 15.1. The van der Waals surface area contributed by atoms with Gasteiger partial charge in [0.15, 0.2) is 0 Å². The predicted octanol–water partition coefficient (Wildman–Crippen LogP) is 1.12. The van der Waals surface area contributed by atoms with Crippen LogP contribution in [0, 0.1) is 0 Å². The third-order valence-electron chi connectivity index (χ3n) is 3.13. The molecule has 2 amide bonds. The molecule has 21 heavy (non-hydrogen) atoms. The first-order valence-electron chi connectivity index (χ1n) is 6.84. The molecule has 1 aliphatic rings. The zero-order valence-corrected chi connectivity index (χ0v) is 11.7. The molecule has 1 aromatic carbocycles. The molecule has 0 unspecified atom stereocenters. The predicted molar refractivity (Wildman–Crippen MR) is 78.7 cm³/mol. The first-order chi connectivity index (χ1) is 10.1. The molecular weight excluding hydrogens is 274 g/mol. The molecule has 7 heteroatoms. The highest BCUT2D eigenvalue weighted by Crippen LogP contribution is 2.18. The van der Waals surface area contributed by atoms with E-state index in [-0.39, 0.29) is 13.0 Å². The number of hydrogen-bond acceptors (Lipinski definition) is 4. The number of anilines is 2. The van der Waals surface area contributed by atoms with E-state index in [4.69, 9.17) is 9.84 Å². The van der Waals surface area contributed by atoms with Gasteiger partial charge in [-0.3, -0.25) is 4.79 Å². The van der Waals surface area contributed by atoms with Crippen LogP contribution in [-0.2, 0) is 9.53 Å². The molecule has 114 valence electrons. The molecule has 2 rings (SSSR count). The molecule has 1 saturated heterocycles. The standard InChI is InChI=1S/C14H19N3O4/c18-13(19)5-6-15-14(20)16-11-1-3-12(4-2-11)17-7-9-21-10-8-17/h1-4H,5-10H2,(H,18,19)(H2,15,16,20). The van der Waals surface area contributed by atoms with Crippen LogP contribution in [0.4, 0.5) is 16.2 Å². The number of carboxylic acids is 1. The Kier molecular flexibility index (Phi) is 5.39. The van der Waals surface area contributed by atoms with Gasteiger partial charge < -0.3 is 25.4 Å². The van der Waals surface area contributed by atoms with Crippen molar-refractivity contribution in [2.45, 2.75) is 6.42 Å². The van der Waals surface area contributed by atoms with Crippen LogP contribution in [0.25, 0.3) is 0 Å². The van der Waals surface area contributed by atoms with Crippen molar-refractivity contribution in [3.8, 4) is 0 Å². The van der Waals surface area contributed by atoms with E-state index in [1.54, 1.807) is 0 Å². The summed E-state index contributed by atoms with van der Waals surface area (Å²) in [5, 5.41) is 13.6. The van der Waals surface area contributed by atoms with E-state index in [2.05, 4.69) is 15.5 Å². The zero-order valence-electron chi connectivity index (χ0n) is 11.7. The number of carboxylic acid groups (broad SMARTS) is 1. The Balaban J connectivity index is 1.81. The highest BCUT2D eigenvalue weighted by molar-refractivity contribution is 5.89. The fourth-order valence-electron chi connectivity index (χ4n) is 2.04. The lowest BCUT2D eigenvalue weighted by Crippen LogP contribution is -2.36. The van der Waals surface area contributed by atoms with Crippen molar-refractivity contribution in [2.75, 3.05) is 43.1 Å². The molecule has 3 N–H and O–H groups in total. The van der Waals surface area contributed by atoms with E-state index in [1.807, 2.05) is 24.3 Å². The Morgan fingerprint density at radius 2 is 1.86 bits per heavy atom. The van der Waals surface area contributed by atoms with Gasteiger partial charge in [-0.1, -0.05) is 0 Å². The smallest absolute Gasteiger partial charge is 0.319 e. The molecule has 1 heterocycles. The largest absolute Gasteiger partial charge is 0.481 e. The van der Waals surface area contributed by atoms with Crippen molar-refractivity contribution in [2.24, 2.45) is 0 Å². The van der Waals surface area contributed by atoms with Crippen molar-refractivity contribution in [3.63, 3.8) is 0 Å². The van der Waals surface area contributed by atoms with Gasteiger partial charge in [-0.05, 0) is 24.3 Å². The Bertz CT molecular complexity index is 483. The molecule has 7 nitrogen and oxygen atoms in total. The molecule has 0 bridgehead atoms. The molecule has 0 atom stereocenters. The Morgan fingerprint density at radius 3 is 2.48 bits per heavy atom. The van der Waals surface area contributed by atoms with Gasteiger partial charge in [-0.2, -0.15) is 0 Å². The lowest BCUT2D eigenvalue weighted by Gasteiger charge is -2.28. The Morgan fingerprint density at radius 1 is 1.19 bits per heavy atom. The number of morpholine rings is 1. The zero-order chi connectivity index (χ0) is 15.1. The maximum absolute atomic E-state index is 11.5. The molecule has 0 aliphatic carbocycles. The topological polar surface area (TPSA) is 90.9 Å². The van der Waals surface area contributed by atoms with E-state index >= 15 is 0 Å². The van der Waals surface area contributed by atoms with E-state index in [9.17, 15) is 9.59 Å². The number of urea groups is 1. The number of ether oxygens (including phenoxy) is 1. The second-order valence-corrected chi connectivity index (χ2v) is 4.67. The summed E-state index contributed by atoms with van der Waals surface area (Å²) in [6.45, 7) is 3.29. The third kappa shape index (κ3) is 4.96. The fourth-order valence-corrected chi connectivity index (χ4v) is 2.04. The van der Waals surface area contributed by atoms with Crippen LogP contribution in [0.5, 0.6) is 0 Å². The molecular formula is C14H19N3O4. The summed E-state index contributed by atoms with van der Waals surface area (Å²) in [5.74, 6) is -0.940. The normalized spacial score (nSPS) is 14.6. The lowest BCUT2D eigenvalue weighted by atomic mass is 10.2. The lowest BCUT2D eigenvalue weighted by molar-refractivity contribution is -0.136. The number of nitrogens with one attached hydrogen (secondary N) is 2. The van der Waals surface area contributed by atoms with Gasteiger partial charge in [-0.15, -0.1) is 0 Å². The number of aliphatic carboxylic acids is 1. The number of carbonyl (C=O) groups excluding carboxylic acids is 1. The number of carbonyl (C=O) groups is 2. The summed E-state index contributed by atoms with van der Waals surface area (Å²) in [4.78, 5) is 24.1. The Labute approximate surface area is 122 Å². The molecule has 1 fully saturated rings. The van der Waals surface area contributed by atoms with Crippen LogP contribution in [0.15, 0.2) is 24.3 Å². The van der Waals surface area contributed by atoms with Crippen molar-refractivity contribution < 1.29 is 19.4 Å². The highest BCUT2D eigenvalue weighted by Gasteiger charge is 2.11. The van der Waals surface area contributed by atoms with Gasteiger partial charge in [-0.25, -0.2) is 4.79 Å². The third-order valence-corrected chi connectivity index (χ3v) is 3.13. The summed E-state index contributed by atoms with van der Waals surface area (Å²) in [6, 6.07) is 7.12. The van der Waals surface area contributed by atoms with Crippen LogP contribution >= 0.6 is 0 Å². The van der Waals surface area contributed by atoms with E-state index in [0.29, 0.717) is 5.69 Å². The molecule has 0 spiro atoms. The monoisotopic (exact) mass is 293 g/mol. The van der Waals surface area contributed by atoms with Crippen molar-refractivity contribution in [3.05, 3.63) is 24.3 Å². The van der Waals surface area contributed by atoms with Crippen LogP contribution in [0.1, 0.15) is 6.42 Å². The maximum atomic E-state index is 11.5. The minimum Gasteiger partial charge on any atom is -0.481 e. The van der Waals surface area contributed by atoms with E-state index in [1.165, 1.54) is 0 Å². The highest BCUT2D eigenvalue weighted by atomic mass is 16.5. The van der Waals surface area contributed by atoms with E-state index < -0.39 is 12.0 Å². The second kappa shape index (κ2) is 7.49. The van der Waals surface area contributed by atoms with Crippen molar-refractivity contribution in [1.82, 2.24) is 5.32 Å². The molecule has 0 radical (unpaired) electrons. The van der Waals surface area contributed by atoms with Gasteiger partial charge in [0.2, 0.25) is 0 Å². The SMILES string of the molecule is O=C(O)CCNC(=O)Nc1ccc(N2CCOCC2)cc1. The fraction of sp³-hybridized carbons (Fsp3) is 0.429. The minimum absolute atomic E-state index is 0.0939. The van der Waals surface area contributed by atoms with Crippen LogP contribution in [0.3, 0.4) is 0 Å².